The number of carbonyl (C=O) groups excluding carboxylic acids is 2. The van der Waals surface area contributed by atoms with E-state index in [9.17, 15) is 24.9 Å². The maximum absolute atomic E-state index is 14.9. The van der Waals surface area contributed by atoms with Crippen molar-refractivity contribution in [3.05, 3.63) is 22.8 Å². The number of ketones is 2. The summed E-state index contributed by atoms with van der Waals surface area (Å²) in [4.78, 5) is 40.9. The fraction of sp³-hybridized carbons (Fsp3) is 0.889. The molecule has 1 aromatic heterocycles. The highest BCUT2D eigenvalue weighted by atomic mass is 16.7. The molecule has 3 N–H and O–H groups in total. The van der Waals surface area contributed by atoms with Crippen LogP contribution in [0.25, 0.3) is 0 Å². The Kier molecular flexibility index (Phi) is 8.45. The zero-order valence-corrected chi connectivity index (χ0v) is 40.6. The summed E-state index contributed by atoms with van der Waals surface area (Å²) in [6, 6.07) is 0. The first-order chi connectivity index (χ1) is 30.4. The second kappa shape index (κ2) is 12.7. The number of Topliss-reactive ketones (excluding diaryl/α,β-unsaturated/α-hetero) is 2. The molecule has 356 valence electrons. The molecule has 4 aliphatic heterocycles. The van der Waals surface area contributed by atoms with Crippen LogP contribution >= 0.6 is 0 Å². The van der Waals surface area contributed by atoms with Crippen LogP contribution in [0.5, 0.6) is 0 Å². The summed E-state index contributed by atoms with van der Waals surface area (Å²) in [5, 5.41) is 36.7. The molecule has 3 spiro atoms. The third kappa shape index (κ3) is 5.04. The molecule has 8 aliphatic carbocycles. The summed E-state index contributed by atoms with van der Waals surface area (Å²) < 4.78 is 26.8. The smallest absolute Gasteiger partial charge is 0.172 e. The lowest BCUT2D eigenvalue weighted by Crippen LogP contribution is -2.67. The normalized spacial score (nSPS) is 58.8. The molecule has 12 aliphatic rings. The number of hydrogen-bond donors (Lipinski definition) is 3. The topological polar surface area (TPSA) is 158 Å². The zero-order chi connectivity index (χ0) is 45.7. The van der Waals surface area contributed by atoms with Gasteiger partial charge in [-0.05, 0) is 152 Å². The summed E-state index contributed by atoms with van der Waals surface area (Å²) in [6.07, 6.45) is 11.6. The maximum Gasteiger partial charge on any atom is 0.172 e. The molecule has 11 heteroatoms. The first kappa shape index (κ1) is 43.2. The van der Waals surface area contributed by atoms with Crippen molar-refractivity contribution in [1.29, 1.82) is 0 Å². The molecule has 0 bridgehead atoms. The number of hydrogen-bond acceptors (Lipinski definition) is 11. The van der Waals surface area contributed by atoms with Gasteiger partial charge < -0.3 is 34.3 Å². The van der Waals surface area contributed by atoms with Crippen LogP contribution < -0.4 is 0 Å². The Morgan fingerprint density at radius 3 is 1.72 bits per heavy atom. The van der Waals surface area contributed by atoms with Crippen molar-refractivity contribution in [2.24, 2.45) is 80.8 Å². The number of nitrogens with zero attached hydrogens (tertiary/aromatic N) is 2. The van der Waals surface area contributed by atoms with E-state index in [0.29, 0.717) is 50.4 Å². The fourth-order valence-electron chi connectivity index (χ4n) is 20.3. The van der Waals surface area contributed by atoms with Crippen molar-refractivity contribution in [3.8, 4) is 0 Å². The Morgan fingerprint density at radius 2 is 1.14 bits per heavy atom. The van der Waals surface area contributed by atoms with Gasteiger partial charge in [0.15, 0.2) is 11.6 Å². The number of aromatic nitrogens is 2. The maximum atomic E-state index is 14.9. The van der Waals surface area contributed by atoms with Gasteiger partial charge >= 0.3 is 0 Å². The predicted molar refractivity (Wildman–Crippen MR) is 238 cm³/mol. The first-order valence-corrected chi connectivity index (χ1v) is 26.2. The first-order valence-electron chi connectivity index (χ1n) is 26.2. The summed E-state index contributed by atoms with van der Waals surface area (Å²) in [6.45, 7) is 19.5. The van der Waals surface area contributed by atoms with Crippen LogP contribution in [0.15, 0.2) is 0 Å². The molecule has 11 nitrogen and oxygen atoms in total. The lowest BCUT2D eigenvalue weighted by molar-refractivity contribution is -0.298. The molecule has 0 amide bonds. The second-order valence-electron chi connectivity index (χ2n) is 26.9. The van der Waals surface area contributed by atoms with Crippen LogP contribution in [0.4, 0.5) is 0 Å². The highest BCUT2D eigenvalue weighted by Crippen LogP contribution is 2.74. The fourth-order valence-corrected chi connectivity index (χ4v) is 20.3. The summed E-state index contributed by atoms with van der Waals surface area (Å²) in [5.41, 5.74) is -1.08. The third-order valence-corrected chi connectivity index (χ3v) is 23.8. The number of ether oxygens (including phenoxy) is 4. The molecule has 5 heterocycles. The van der Waals surface area contributed by atoms with Crippen LogP contribution in [0.1, 0.15) is 162 Å². The molecular weight excluding hydrogens is 821 g/mol. The van der Waals surface area contributed by atoms with Gasteiger partial charge in [0, 0.05) is 55.8 Å². The molecule has 4 saturated heterocycles. The van der Waals surface area contributed by atoms with E-state index in [1.165, 1.54) is 0 Å². The zero-order valence-electron chi connectivity index (χ0n) is 40.6. The predicted octanol–water partition coefficient (Wildman–Crippen LogP) is 7.04. The minimum absolute atomic E-state index is 0.00243. The van der Waals surface area contributed by atoms with Gasteiger partial charge in [-0.25, -0.2) is 0 Å². The van der Waals surface area contributed by atoms with E-state index >= 15 is 0 Å². The van der Waals surface area contributed by atoms with E-state index in [4.69, 9.17) is 28.9 Å². The largest absolute Gasteiger partial charge is 0.389 e. The Bertz CT molecular complexity index is 2280. The molecule has 6 saturated carbocycles. The van der Waals surface area contributed by atoms with Crippen LogP contribution in [0.3, 0.4) is 0 Å². The molecule has 0 aromatic carbocycles. The number of aliphatic hydroxyl groups is 3. The molecule has 10 fully saturated rings. The van der Waals surface area contributed by atoms with E-state index in [-0.39, 0.29) is 94.2 Å². The average molecular weight is 897 g/mol. The van der Waals surface area contributed by atoms with Crippen molar-refractivity contribution >= 4 is 11.6 Å². The monoisotopic (exact) mass is 897 g/mol. The van der Waals surface area contributed by atoms with Crippen molar-refractivity contribution < 1.29 is 43.9 Å². The molecule has 13 rings (SSSR count). The SMILES string of the molecule is CC1C2C(CC3(C(=O)CC4C3CCC3Cc5nc6c(nc5CC34C)CC3CCC4C(CC(=O)C5(C)C7C(CC45O)OC4(CCC(C)(O)CO4)C7C)C3(C)C6)C2(C)O)OC12CCC(C)(C)O2. The van der Waals surface area contributed by atoms with Crippen molar-refractivity contribution in [2.75, 3.05) is 6.61 Å². The van der Waals surface area contributed by atoms with Gasteiger partial charge in [-0.3, -0.25) is 19.6 Å². The molecule has 21 atom stereocenters. The highest BCUT2D eigenvalue weighted by molar-refractivity contribution is 5.90. The Morgan fingerprint density at radius 1 is 0.585 bits per heavy atom. The van der Waals surface area contributed by atoms with Gasteiger partial charge in [0.1, 0.15) is 11.6 Å². The van der Waals surface area contributed by atoms with Gasteiger partial charge in [0.2, 0.25) is 0 Å². The molecule has 21 unspecified atom stereocenters. The molecule has 65 heavy (non-hydrogen) atoms. The van der Waals surface area contributed by atoms with E-state index < -0.39 is 39.2 Å². The number of fused-ring (bicyclic) bond motifs is 14. The summed E-state index contributed by atoms with van der Waals surface area (Å²) in [5.74, 6) is -0.376. The second-order valence-corrected chi connectivity index (χ2v) is 26.9. The Balaban J connectivity index is 0.758. The van der Waals surface area contributed by atoms with Gasteiger partial charge in [-0.2, -0.15) is 0 Å². The van der Waals surface area contributed by atoms with Crippen molar-refractivity contribution in [2.45, 2.75) is 211 Å². The average Bonchev–Trinajstić information content (AvgIpc) is 3.99. The standard InChI is InChI=1S/C54H76N2O9/c1-27-43-40(63-53(27)17-15-46(5,59)26-62-53)25-52(61)32-13-11-30-19-36-38(23-48(30,7)34(32)20-41(57)49(43,52)8)56-35-18-29-10-12-31-33(47(29,6)22-37(35)55-36)21-42(58)51(31)24-39-44(50(51,9)60)28(2)54(64-39)16-14-45(3,4)65-54/h27-34,39-40,43-44,59-61H,10-26H2,1-9H3. The van der Waals surface area contributed by atoms with E-state index in [0.717, 1.165) is 87.0 Å². The summed E-state index contributed by atoms with van der Waals surface area (Å²) >= 11 is 0. The minimum atomic E-state index is -1.18. The van der Waals surface area contributed by atoms with Crippen LogP contribution in [-0.4, -0.2) is 89.6 Å². The van der Waals surface area contributed by atoms with Crippen molar-refractivity contribution in [3.63, 3.8) is 0 Å². The quantitative estimate of drug-likeness (QED) is 0.245. The Hall–Kier alpha value is -1.86. The van der Waals surface area contributed by atoms with E-state index in [1.54, 1.807) is 0 Å². The Labute approximate surface area is 385 Å². The van der Waals surface area contributed by atoms with Gasteiger partial charge in [-0.1, -0.05) is 27.7 Å². The highest BCUT2D eigenvalue weighted by Gasteiger charge is 2.80. The van der Waals surface area contributed by atoms with E-state index in [2.05, 4.69) is 48.5 Å². The molecule has 0 radical (unpaired) electrons. The minimum Gasteiger partial charge on any atom is -0.389 e. The summed E-state index contributed by atoms with van der Waals surface area (Å²) in [7, 11) is 0. The number of carbonyl (C=O) groups is 2. The lowest BCUT2D eigenvalue weighted by atomic mass is 9.43. The molecule has 1 aromatic rings. The number of rotatable bonds is 0. The van der Waals surface area contributed by atoms with Gasteiger partial charge in [0.25, 0.3) is 0 Å². The van der Waals surface area contributed by atoms with Gasteiger partial charge in [-0.15, -0.1) is 0 Å². The van der Waals surface area contributed by atoms with Crippen LogP contribution in [0.2, 0.25) is 0 Å². The molecular formula is C54H76N2O9. The lowest BCUT2D eigenvalue weighted by Gasteiger charge is -2.62. The van der Waals surface area contributed by atoms with Crippen LogP contribution in [-0.2, 0) is 54.2 Å². The van der Waals surface area contributed by atoms with E-state index in [1.807, 2.05) is 13.8 Å². The van der Waals surface area contributed by atoms with Crippen LogP contribution in [0, 0.1) is 80.8 Å². The third-order valence-electron chi connectivity index (χ3n) is 23.8. The van der Waals surface area contributed by atoms with Crippen molar-refractivity contribution in [1.82, 2.24) is 9.97 Å². The van der Waals surface area contributed by atoms with Gasteiger partial charge in [0.05, 0.1) is 74.8 Å².